The minimum absolute atomic E-state index is 0.0326. The zero-order valence-electron chi connectivity index (χ0n) is 10.7. The third kappa shape index (κ3) is 3.93. The molecule has 0 aliphatic heterocycles. The van der Waals surface area contributed by atoms with Crippen LogP contribution in [0.2, 0.25) is 0 Å². The summed E-state index contributed by atoms with van der Waals surface area (Å²) in [5, 5.41) is 2.80. The molecule has 1 N–H and O–H groups in total. The number of carbonyl (C=O) groups excluding carboxylic acids is 1. The van der Waals surface area contributed by atoms with Gasteiger partial charge in [-0.3, -0.25) is 4.79 Å². The Hall–Kier alpha value is -1.14. The Morgan fingerprint density at radius 2 is 1.85 bits per heavy atom. The smallest absolute Gasteiger partial charge is 0.261 e. The average Bonchev–Trinajstić information content (AvgIpc) is 2.38. The van der Waals surface area contributed by atoms with Gasteiger partial charge in [0.15, 0.2) is 0 Å². The highest BCUT2D eigenvalue weighted by Gasteiger charge is 2.19. The van der Waals surface area contributed by atoms with Gasteiger partial charge >= 0.3 is 0 Å². The first kappa shape index (κ1) is 15.3. The molecule has 0 saturated heterocycles. The summed E-state index contributed by atoms with van der Waals surface area (Å²) in [7, 11) is 1.11. The standard InChI is InChI=1S/C13H15ClFNO3S/c14-20(18,19)12-7-9(6-10(15)8-12)13(17)16-11-4-2-1-3-5-11/h6-8,11H,1-5H2,(H,16,17). The van der Waals surface area contributed by atoms with Crippen LogP contribution in [0.15, 0.2) is 23.1 Å². The second kappa shape index (κ2) is 6.10. The summed E-state index contributed by atoms with van der Waals surface area (Å²) in [5.74, 6) is -1.28. The number of rotatable bonds is 3. The third-order valence-corrected chi connectivity index (χ3v) is 4.69. The summed E-state index contributed by atoms with van der Waals surface area (Å²) >= 11 is 0. The Kier molecular flexibility index (Phi) is 4.65. The van der Waals surface area contributed by atoms with Gasteiger partial charge in [0.1, 0.15) is 5.82 Å². The van der Waals surface area contributed by atoms with Gasteiger partial charge in [-0.05, 0) is 31.0 Å². The predicted molar refractivity (Wildman–Crippen MR) is 73.8 cm³/mol. The number of amides is 1. The molecule has 1 aromatic rings. The molecule has 0 heterocycles. The normalized spacial score (nSPS) is 16.9. The van der Waals surface area contributed by atoms with Gasteiger partial charge in [-0.25, -0.2) is 12.8 Å². The molecule has 1 fully saturated rings. The highest BCUT2D eigenvalue weighted by atomic mass is 35.7. The van der Waals surface area contributed by atoms with Crippen molar-refractivity contribution >= 4 is 25.6 Å². The van der Waals surface area contributed by atoms with Crippen molar-refractivity contribution in [2.45, 2.75) is 43.0 Å². The molecule has 0 unspecified atom stereocenters. The molecule has 0 spiro atoms. The minimum Gasteiger partial charge on any atom is -0.349 e. The Balaban J connectivity index is 2.19. The maximum Gasteiger partial charge on any atom is 0.261 e. The zero-order valence-corrected chi connectivity index (χ0v) is 12.3. The first-order chi connectivity index (χ1) is 9.36. The quantitative estimate of drug-likeness (QED) is 0.871. The van der Waals surface area contributed by atoms with E-state index in [1.807, 2.05) is 0 Å². The maximum atomic E-state index is 13.4. The number of nitrogens with one attached hydrogen (secondary N) is 1. The van der Waals surface area contributed by atoms with Crippen LogP contribution < -0.4 is 5.32 Å². The number of halogens is 2. The van der Waals surface area contributed by atoms with Crippen LogP contribution in [-0.4, -0.2) is 20.4 Å². The molecule has 0 radical (unpaired) electrons. The molecule has 0 atom stereocenters. The second-order valence-electron chi connectivity index (χ2n) is 4.92. The van der Waals surface area contributed by atoms with Crippen molar-refractivity contribution in [1.82, 2.24) is 5.32 Å². The van der Waals surface area contributed by atoms with Crippen LogP contribution in [0, 0.1) is 5.82 Å². The van der Waals surface area contributed by atoms with Crippen LogP contribution in [0.5, 0.6) is 0 Å². The summed E-state index contributed by atoms with van der Waals surface area (Å²) in [5.41, 5.74) is -0.0326. The molecule has 0 bridgehead atoms. The number of carbonyl (C=O) groups is 1. The van der Waals surface area contributed by atoms with Gasteiger partial charge in [0.2, 0.25) is 0 Å². The Bertz CT molecular complexity index is 612. The molecule has 1 saturated carbocycles. The van der Waals surface area contributed by atoms with E-state index >= 15 is 0 Å². The van der Waals surface area contributed by atoms with Crippen LogP contribution in [-0.2, 0) is 9.05 Å². The molecule has 110 valence electrons. The number of hydrogen-bond donors (Lipinski definition) is 1. The fraction of sp³-hybridized carbons (Fsp3) is 0.462. The lowest BCUT2D eigenvalue weighted by molar-refractivity contribution is 0.0927. The van der Waals surface area contributed by atoms with Crippen LogP contribution in [0.25, 0.3) is 0 Å². The van der Waals surface area contributed by atoms with Crippen molar-refractivity contribution in [3.63, 3.8) is 0 Å². The monoisotopic (exact) mass is 319 g/mol. The topological polar surface area (TPSA) is 63.2 Å². The lowest BCUT2D eigenvalue weighted by Crippen LogP contribution is -2.36. The van der Waals surface area contributed by atoms with Crippen molar-refractivity contribution in [2.75, 3.05) is 0 Å². The van der Waals surface area contributed by atoms with E-state index in [4.69, 9.17) is 10.7 Å². The highest BCUT2D eigenvalue weighted by Crippen LogP contribution is 2.20. The summed E-state index contributed by atoms with van der Waals surface area (Å²) in [4.78, 5) is 11.6. The van der Waals surface area contributed by atoms with E-state index < -0.39 is 25.7 Å². The first-order valence-electron chi connectivity index (χ1n) is 6.42. The SMILES string of the molecule is O=C(NC1CCCCC1)c1cc(F)cc(S(=O)(=O)Cl)c1. The third-order valence-electron chi connectivity index (χ3n) is 3.36. The minimum atomic E-state index is -4.06. The van der Waals surface area contributed by atoms with Gasteiger partial charge in [-0.2, -0.15) is 0 Å². The van der Waals surface area contributed by atoms with Crippen LogP contribution in [0.4, 0.5) is 4.39 Å². The Morgan fingerprint density at radius 3 is 2.45 bits per heavy atom. The van der Waals surface area contributed by atoms with E-state index in [-0.39, 0.29) is 11.6 Å². The van der Waals surface area contributed by atoms with Crippen molar-refractivity contribution in [2.24, 2.45) is 0 Å². The van der Waals surface area contributed by atoms with Crippen molar-refractivity contribution in [3.8, 4) is 0 Å². The summed E-state index contributed by atoms with van der Waals surface area (Å²) < 4.78 is 35.8. The summed E-state index contributed by atoms with van der Waals surface area (Å²) in [6, 6.07) is 2.95. The molecular formula is C13H15ClFNO3S. The molecule has 1 aliphatic carbocycles. The van der Waals surface area contributed by atoms with Gasteiger partial charge in [-0.1, -0.05) is 19.3 Å². The van der Waals surface area contributed by atoms with Crippen LogP contribution in [0.3, 0.4) is 0 Å². The lowest BCUT2D eigenvalue weighted by atomic mass is 9.95. The molecule has 1 aliphatic rings. The molecule has 4 nitrogen and oxygen atoms in total. The van der Waals surface area contributed by atoms with Gasteiger partial charge in [0, 0.05) is 22.3 Å². The van der Waals surface area contributed by atoms with E-state index in [2.05, 4.69) is 5.32 Å². The van der Waals surface area contributed by atoms with Crippen LogP contribution >= 0.6 is 10.7 Å². The van der Waals surface area contributed by atoms with Gasteiger partial charge < -0.3 is 5.32 Å². The fourth-order valence-electron chi connectivity index (χ4n) is 2.35. The number of benzene rings is 1. The number of hydrogen-bond acceptors (Lipinski definition) is 3. The fourth-order valence-corrected chi connectivity index (χ4v) is 3.14. The van der Waals surface area contributed by atoms with E-state index in [0.29, 0.717) is 0 Å². The first-order valence-corrected chi connectivity index (χ1v) is 8.73. The predicted octanol–water partition coefficient (Wildman–Crippen LogP) is 2.82. The molecule has 1 aromatic carbocycles. The van der Waals surface area contributed by atoms with Crippen LogP contribution in [0.1, 0.15) is 42.5 Å². The molecular weight excluding hydrogens is 305 g/mol. The molecule has 0 aromatic heterocycles. The molecule has 7 heteroatoms. The Labute approximate surface area is 121 Å². The van der Waals surface area contributed by atoms with E-state index in [1.165, 1.54) is 0 Å². The largest absolute Gasteiger partial charge is 0.349 e. The molecule has 1 amide bonds. The van der Waals surface area contributed by atoms with Gasteiger partial charge in [0.05, 0.1) is 4.90 Å². The average molecular weight is 320 g/mol. The zero-order chi connectivity index (χ0) is 14.8. The van der Waals surface area contributed by atoms with Crippen molar-refractivity contribution < 1.29 is 17.6 Å². The van der Waals surface area contributed by atoms with E-state index in [9.17, 15) is 17.6 Å². The van der Waals surface area contributed by atoms with Crippen molar-refractivity contribution in [1.29, 1.82) is 0 Å². The maximum absolute atomic E-state index is 13.4. The van der Waals surface area contributed by atoms with Crippen molar-refractivity contribution in [3.05, 3.63) is 29.6 Å². The van der Waals surface area contributed by atoms with E-state index in [0.717, 1.165) is 50.3 Å². The lowest BCUT2D eigenvalue weighted by Gasteiger charge is -2.22. The van der Waals surface area contributed by atoms with Gasteiger partial charge in [0.25, 0.3) is 15.0 Å². The van der Waals surface area contributed by atoms with E-state index in [1.54, 1.807) is 0 Å². The molecule has 20 heavy (non-hydrogen) atoms. The summed E-state index contributed by atoms with van der Waals surface area (Å²) in [6.07, 6.45) is 5.04. The molecule has 2 rings (SSSR count). The highest BCUT2D eigenvalue weighted by molar-refractivity contribution is 8.13. The second-order valence-corrected chi connectivity index (χ2v) is 7.49. The summed E-state index contributed by atoms with van der Waals surface area (Å²) in [6.45, 7) is 0. The Morgan fingerprint density at radius 1 is 1.20 bits per heavy atom. The van der Waals surface area contributed by atoms with Gasteiger partial charge in [-0.15, -0.1) is 0 Å².